The predicted molar refractivity (Wildman–Crippen MR) is 71.4 cm³/mol. The minimum atomic E-state index is 0.103. The van der Waals surface area contributed by atoms with Crippen molar-refractivity contribution in [2.75, 3.05) is 23.3 Å². The average molecular weight is 232 g/mol. The zero-order chi connectivity index (χ0) is 12.1. The van der Waals surface area contributed by atoms with Gasteiger partial charge in [-0.05, 0) is 37.5 Å². The predicted octanol–water partition coefficient (Wildman–Crippen LogP) is 3.03. The highest BCUT2D eigenvalue weighted by Crippen LogP contribution is 2.23. The SMILES string of the molecule is CCCC(=O)Nc1cccc(N2CCCC2)c1. The van der Waals surface area contributed by atoms with Crippen LogP contribution in [0, 0.1) is 0 Å². The summed E-state index contributed by atoms with van der Waals surface area (Å²) in [5, 5.41) is 2.94. The molecule has 0 saturated carbocycles. The minimum Gasteiger partial charge on any atom is -0.371 e. The molecular formula is C14H20N2O. The van der Waals surface area contributed by atoms with Gasteiger partial charge in [-0.15, -0.1) is 0 Å². The van der Waals surface area contributed by atoms with E-state index in [9.17, 15) is 4.79 Å². The molecule has 1 saturated heterocycles. The summed E-state index contributed by atoms with van der Waals surface area (Å²) >= 11 is 0. The largest absolute Gasteiger partial charge is 0.371 e. The molecule has 17 heavy (non-hydrogen) atoms. The molecule has 0 atom stereocenters. The van der Waals surface area contributed by atoms with E-state index in [0.717, 1.165) is 25.2 Å². The molecule has 2 rings (SSSR count). The molecule has 1 N–H and O–H groups in total. The number of carbonyl (C=O) groups excluding carboxylic acids is 1. The Morgan fingerprint density at radius 3 is 2.82 bits per heavy atom. The van der Waals surface area contributed by atoms with Gasteiger partial charge in [-0.2, -0.15) is 0 Å². The van der Waals surface area contributed by atoms with Gasteiger partial charge in [0.25, 0.3) is 0 Å². The lowest BCUT2D eigenvalue weighted by atomic mass is 10.2. The molecule has 0 aromatic heterocycles. The standard InChI is InChI=1S/C14H20N2O/c1-2-6-14(17)15-12-7-5-8-13(11-12)16-9-3-4-10-16/h5,7-8,11H,2-4,6,9-10H2,1H3,(H,15,17). The number of hydrogen-bond donors (Lipinski definition) is 1. The van der Waals surface area contributed by atoms with Crippen LogP contribution in [-0.2, 0) is 4.79 Å². The number of carbonyl (C=O) groups is 1. The van der Waals surface area contributed by atoms with Crippen LogP contribution in [0.15, 0.2) is 24.3 Å². The molecule has 1 fully saturated rings. The molecule has 1 amide bonds. The third-order valence-corrected chi connectivity index (χ3v) is 3.08. The Hall–Kier alpha value is -1.51. The van der Waals surface area contributed by atoms with Crippen LogP contribution < -0.4 is 10.2 Å². The summed E-state index contributed by atoms with van der Waals surface area (Å²) in [7, 11) is 0. The highest BCUT2D eigenvalue weighted by molar-refractivity contribution is 5.91. The van der Waals surface area contributed by atoms with Crippen LogP contribution in [0.25, 0.3) is 0 Å². The van der Waals surface area contributed by atoms with Crippen molar-refractivity contribution >= 4 is 17.3 Å². The summed E-state index contributed by atoms with van der Waals surface area (Å²) in [6.07, 6.45) is 4.02. The Labute approximate surface area is 103 Å². The number of amides is 1. The van der Waals surface area contributed by atoms with Crippen molar-refractivity contribution in [1.29, 1.82) is 0 Å². The molecule has 1 heterocycles. The monoisotopic (exact) mass is 232 g/mol. The van der Waals surface area contributed by atoms with Gasteiger partial charge in [0.05, 0.1) is 0 Å². The maximum Gasteiger partial charge on any atom is 0.224 e. The lowest BCUT2D eigenvalue weighted by Gasteiger charge is -2.18. The summed E-state index contributed by atoms with van der Waals surface area (Å²) in [4.78, 5) is 13.9. The molecular weight excluding hydrogens is 212 g/mol. The molecule has 0 bridgehead atoms. The van der Waals surface area contributed by atoms with Gasteiger partial charge in [-0.1, -0.05) is 13.0 Å². The van der Waals surface area contributed by atoms with Crippen molar-refractivity contribution in [2.24, 2.45) is 0 Å². The quantitative estimate of drug-likeness (QED) is 0.865. The topological polar surface area (TPSA) is 32.3 Å². The maximum atomic E-state index is 11.5. The van der Waals surface area contributed by atoms with E-state index in [4.69, 9.17) is 0 Å². The van der Waals surface area contributed by atoms with E-state index in [0.29, 0.717) is 6.42 Å². The Balaban J connectivity index is 2.03. The summed E-state index contributed by atoms with van der Waals surface area (Å²) < 4.78 is 0. The first kappa shape index (κ1) is 12.0. The molecule has 1 aliphatic heterocycles. The van der Waals surface area contributed by atoms with Gasteiger partial charge in [-0.3, -0.25) is 4.79 Å². The summed E-state index contributed by atoms with van der Waals surface area (Å²) in [6, 6.07) is 8.14. The van der Waals surface area contributed by atoms with E-state index in [-0.39, 0.29) is 5.91 Å². The molecule has 3 nitrogen and oxygen atoms in total. The van der Waals surface area contributed by atoms with Crippen LogP contribution in [-0.4, -0.2) is 19.0 Å². The van der Waals surface area contributed by atoms with E-state index in [1.807, 2.05) is 19.1 Å². The van der Waals surface area contributed by atoms with Crippen molar-refractivity contribution in [3.8, 4) is 0 Å². The summed E-state index contributed by atoms with van der Waals surface area (Å²) in [6.45, 7) is 4.28. The second-order valence-corrected chi connectivity index (χ2v) is 4.54. The zero-order valence-corrected chi connectivity index (χ0v) is 10.4. The fourth-order valence-electron chi connectivity index (χ4n) is 2.21. The summed E-state index contributed by atoms with van der Waals surface area (Å²) in [5.41, 5.74) is 2.13. The van der Waals surface area contributed by atoms with Crippen LogP contribution in [0.2, 0.25) is 0 Å². The van der Waals surface area contributed by atoms with Crippen LogP contribution in [0.3, 0.4) is 0 Å². The van der Waals surface area contributed by atoms with E-state index >= 15 is 0 Å². The number of anilines is 2. The minimum absolute atomic E-state index is 0.103. The van der Waals surface area contributed by atoms with E-state index in [1.165, 1.54) is 18.5 Å². The lowest BCUT2D eigenvalue weighted by molar-refractivity contribution is -0.116. The van der Waals surface area contributed by atoms with E-state index in [2.05, 4.69) is 22.3 Å². The smallest absolute Gasteiger partial charge is 0.224 e. The highest BCUT2D eigenvalue weighted by atomic mass is 16.1. The number of nitrogens with one attached hydrogen (secondary N) is 1. The first-order valence-corrected chi connectivity index (χ1v) is 6.44. The van der Waals surface area contributed by atoms with Crippen LogP contribution in [0.1, 0.15) is 32.6 Å². The van der Waals surface area contributed by atoms with Crippen molar-refractivity contribution < 1.29 is 4.79 Å². The van der Waals surface area contributed by atoms with E-state index < -0.39 is 0 Å². The lowest BCUT2D eigenvalue weighted by Crippen LogP contribution is -2.18. The third-order valence-electron chi connectivity index (χ3n) is 3.08. The fraction of sp³-hybridized carbons (Fsp3) is 0.500. The van der Waals surface area contributed by atoms with Crippen molar-refractivity contribution in [3.05, 3.63) is 24.3 Å². The molecule has 0 unspecified atom stereocenters. The van der Waals surface area contributed by atoms with Gasteiger partial charge >= 0.3 is 0 Å². The molecule has 3 heteroatoms. The maximum absolute atomic E-state index is 11.5. The molecule has 0 spiro atoms. The first-order valence-electron chi connectivity index (χ1n) is 6.44. The van der Waals surface area contributed by atoms with E-state index in [1.54, 1.807) is 0 Å². The molecule has 1 aliphatic rings. The van der Waals surface area contributed by atoms with Crippen molar-refractivity contribution in [2.45, 2.75) is 32.6 Å². The van der Waals surface area contributed by atoms with Gasteiger partial charge in [-0.25, -0.2) is 0 Å². The zero-order valence-electron chi connectivity index (χ0n) is 10.4. The van der Waals surface area contributed by atoms with Crippen molar-refractivity contribution in [1.82, 2.24) is 0 Å². The fourth-order valence-corrected chi connectivity index (χ4v) is 2.21. The van der Waals surface area contributed by atoms with Crippen molar-refractivity contribution in [3.63, 3.8) is 0 Å². The van der Waals surface area contributed by atoms with Gasteiger partial charge in [0.15, 0.2) is 0 Å². The Morgan fingerprint density at radius 2 is 2.12 bits per heavy atom. The molecule has 1 aromatic carbocycles. The Morgan fingerprint density at radius 1 is 1.35 bits per heavy atom. The number of benzene rings is 1. The first-order chi connectivity index (χ1) is 8.29. The Kier molecular flexibility index (Phi) is 4.02. The second-order valence-electron chi connectivity index (χ2n) is 4.54. The van der Waals surface area contributed by atoms with Crippen LogP contribution >= 0.6 is 0 Å². The normalized spacial score (nSPS) is 15.0. The van der Waals surface area contributed by atoms with Crippen LogP contribution in [0.4, 0.5) is 11.4 Å². The third kappa shape index (κ3) is 3.22. The van der Waals surface area contributed by atoms with Crippen LogP contribution in [0.5, 0.6) is 0 Å². The van der Waals surface area contributed by atoms with Gasteiger partial charge in [0, 0.05) is 30.9 Å². The second kappa shape index (κ2) is 5.71. The number of rotatable bonds is 4. The van der Waals surface area contributed by atoms with Gasteiger partial charge in [0.1, 0.15) is 0 Å². The molecule has 1 aromatic rings. The Bertz CT molecular complexity index is 384. The van der Waals surface area contributed by atoms with Gasteiger partial charge < -0.3 is 10.2 Å². The van der Waals surface area contributed by atoms with Gasteiger partial charge in [0.2, 0.25) is 5.91 Å². The molecule has 0 aliphatic carbocycles. The molecule has 0 radical (unpaired) electrons. The average Bonchev–Trinajstić information content (AvgIpc) is 2.83. The molecule has 92 valence electrons. The highest BCUT2D eigenvalue weighted by Gasteiger charge is 2.12. The summed E-state index contributed by atoms with van der Waals surface area (Å²) in [5.74, 6) is 0.103. The number of hydrogen-bond acceptors (Lipinski definition) is 2. The number of nitrogens with zero attached hydrogens (tertiary/aromatic N) is 1.